The van der Waals surface area contributed by atoms with E-state index in [1.54, 1.807) is 36.4 Å². The first-order valence-corrected chi connectivity index (χ1v) is 11.9. The van der Waals surface area contributed by atoms with Crippen molar-refractivity contribution in [1.82, 2.24) is 10.3 Å². The second kappa shape index (κ2) is 10.4. The molecule has 0 aliphatic carbocycles. The number of carbonyl (C=O) groups is 3. The molecule has 2 heterocycles. The first-order valence-electron chi connectivity index (χ1n) is 11.0. The maximum atomic E-state index is 13.3. The highest BCUT2D eigenvalue weighted by Gasteiger charge is 2.24. The third kappa shape index (κ3) is 5.52. The predicted molar refractivity (Wildman–Crippen MR) is 136 cm³/mol. The van der Waals surface area contributed by atoms with Crippen LogP contribution in [0.25, 0.3) is 10.9 Å². The summed E-state index contributed by atoms with van der Waals surface area (Å²) in [5.74, 6) is -0.911. The van der Waals surface area contributed by atoms with E-state index in [4.69, 9.17) is 0 Å². The number of aromatic amines is 1. The quantitative estimate of drug-likeness (QED) is 0.295. The van der Waals surface area contributed by atoms with Gasteiger partial charge in [-0.2, -0.15) is 0 Å². The second-order valence-electron chi connectivity index (χ2n) is 8.28. The van der Waals surface area contributed by atoms with E-state index in [0.29, 0.717) is 22.7 Å². The highest BCUT2D eigenvalue weighted by molar-refractivity contribution is 7.12. The number of rotatable bonds is 8. The van der Waals surface area contributed by atoms with Crippen LogP contribution < -0.4 is 16.0 Å². The lowest BCUT2D eigenvalue weighted by molar-refractivity contribution is -0.119. The first-order chi connectivity index (χ1) is 16.4. The average molecular weight is 475 g/mol. The van der Waals surface area contributed by atoms with Crippen LogP contribution in [0.5, 0.6) is 0 Å². The number of hydrogen-bond donors (Lipinski definition) is 4. The average Bonchev–Trinajstić information content (AvgIpc) is 3.49. The van der Waals surface area contributed by atoms with Crippen molar-refractivity contribution in [2.24, 2.45) is 5.92 Å². The highest BCUT2D eigenvalue weighted by atomic mass is 32.1. The molecule has 4 N–H and O–H groups in total. The Balaban J connectivity index is 1.55. The summed E-state index contributed by atoms with van der Waals surface area (Å²) in [6.45, 7) is 3.62. The van der Waals surface area contributed by atoms with Gasteiger partial charge in [-0.15, -0.1) is 11.3 Å². The standard InChI is InChI=1S/C26H26N4O3S/c1-16(2)24(31)28-18-7-5-8-19(14-18)29-25(32)22(30-26(33)23-11-6-12-34-23)13-17-15-27-21-10-4-3-9-20(17)21/h3-12,14-16,22,27H,13H2,1-2H3,(H,28,31)(H,29,32)(H,30,33). The maximum Gasteiger partial charge on any atom is 0.262 e. The fourth-order valence-corrected chi connectivity index (χ4v) is 4.18. The molecule has 4 rings (SSSR count). The zero-order chi connectivity index (χ0) is 24.1. The first kappa shape index (κ1) is 23.3. The normalized spacial score (nSPS) is 11.9. The zero-order valence-electron chi connectivity index (χ0n) is 18.9. The third-order valence-corrected chi connectivity index (χ3v) is 6.26. The number of hydrogen-bond acceptors (Lipinski definition) is 4. The number of anilines is 2. The van der Waals surface area contributed by atoms with Crippen molar-refractivity contribution in [1.29, 1.82) is 0 Å². The van der Waals surface area contributed by atoms with E-state index in [1.165, 1.54) is 11.3 Å². The second-order valence-corrected chi connectivity index (χ2v) is 9.23. The summed E-state index contributed by atoms with van der Waals surface area (Å²) in [6.07, 6.45) is 2.18. The highest BCUT2D eigenvalue weighted by Crippen LogP contribution is 2.21. The number of carbonyl (C=O) groups excluding carboxylic acids is 3. The fourth-order valence-electron chi connectivity index (χ4n) is 3.56. The molecule has 0 radical (unpaired) electrons. The summed E-state index contributed by atoms with van der Waals surface area (Å²) in [7, 11) is 0. The van der Waals surface area contributed by atoms with Gasteiger partial charge in [0.1, 0.15) is 6.04 Å². The number of benzene rings is 2. The molecule has 8 heteroatoms. The monoisotopic (exact) mass is 474 g/mol. The molecule has 7 nitrogen and oxygen atoms in total. The molecule has 0 saturated carbocycles. The molecule has 0 spiro atoms. The van der Waals surface area contributed by atoms with Crippen molar-refractivity contribution < 1.29 is 14.4 Å². The van der Waals surface area contributed by atoms with E-state index in [2.05, 4.69) is 20.9 Å². The Hall–Kier alpha value is -3.91. The molecule has 0 bridgehead atoms. The topological polar surface area (TPSA) is 103 Å². The lowest BCUT2D eigenvalue weighted by atomic mass is 10.0. The largest absolute Gasteiger partial charge is 0.361 e. The Bertz CT molecular complexity index is 1310. The van der Waals surface area contributed by atoms with Gasteiger partial charge in [0.15, 0.2) is 0 Å². The summed E-state index contributed by atoms with van der Waals surface area (Å²) < 4.78 is 0. The molecule has 34 heavy (non-hydrogen) atoms. The van der Waals surface area contributed by atoms with E-state index in [9.17, 15) is 14.4 Å². The number of nitrogens with one attached hydrogen (secondary N) is 4. The molecular weight excluding hydrogens is 448 g/mol. The lowest BCUT2D eigenvalue weighted by Gasteiger charge is -2.18. The predicted octanol–water partition coefficient (Wildman–Crippen LogP) is 4.80. The van der Waals surface area contributed by atoms with Crippen LogP contribution >= 0.6 is 11.3 Å². The lowest BCUT2D eigenvalue weighted by Crippen LogP contribution is -2.45. The molecular formula is C26H26N4O3S. The minimum absolute atomic E-state index is 0.107. The van der Waals surface area contributed by atoms with E-state index in [-0.39, 0.29) is 23.6 Å². The van der Waals surface area contributed by atoms with Crippen LogP contribution in [-0.4, -0.2) is 28.7 Å². The van der Waals surface area contributed by atoms with Gasteiger partial charge in [0.25, 0.3) is 5.91 Å². The van der Waals surface area contributed by atoms with Gasteiger partial charge in [-0.25, -0.2) is 0 Å². The van der Waals surface area contributed by atoms with Crippen molar-refractivity contribution in [2.75, 3.05) is 10.6 Å². The Labute approximate surface area is 201 Å². The van der Waals surface area contributed by atoms with Crippen molar-refractivity contribution in [3.05, 3.63) is 82.7 Å². The van der Waals surface area contributed by atoms with Gasteiger partial charge in [0.2, 0.25) is 11.8 Å². The molecule has 1 atom stereocenters. The molecule has 0 aliphatic heterocycles. The van der Waals surface area contributed by atoms with Gasteiger partial charge in [0, 0.05) is 40.8 Å². The number of H-pyrrole nitrogens is 1. The van der Waals surface area contributed by atoms with Crippen LogP contribution in [0.1, 0.15) is 29.1 Å². The van der Waals surface area contributed by atoms with Crippen LogP contribution in [-0.2, 0) is 16.0 Å². The zero-order valence-corrected chi connectivity index (χ0v) is 19.7. The van der Waals surface area contributed by atoms with Crippen molar-refractivity contribution in [3.8, 4) is 0 Å². The van der Waals surface area contributed by atoms with Gasteiger partial charge < -0.3 is 20.9 Å². The minimum Gasteiger partial charge on any atom is -0.361 e. The van der Waals surface area contributed by atoms with Crippen molar-refractivity contribution >= 4 is 51.3 Å². The van der Waals surface area contributed by atoms with Crippen molar-refractivity contribution in [2.45, 2.75) is 26.3 Å². The van der Waals surface area contributed by atoms with Gasteiger partial charge >= 0.3 is 0 Å². The number of para-hydroxylation sites is 1. The third-order valence-electron chi connectivity index (χ3n) is 5.39. The summed E-state index contributed by atoms with van der Waals surface area (Å²) in [5, 5.41) is 11.4. The maximum absolute atomic E-state index is 13.3. The molecule has 0 saturated heterocycles. The molecule has 3 amide bonds. The number of aromatic nitrogens is 1. The van der Waals surface area contributed by atoms with E-state index < -0.39 is 6.04 Å². The smallest absolute Gasteiger partial charge is 0.262 e. The van der Waals surface area contributed by atoms with Crippen molar-refractivity contribution in [3.63, 3.8) is 0 Å². The molecule has 174 valence electrons. The van der Waals surface area contributed by atoms with E-state index in [0.717, 1.165) is 16.5 Å². The number of amides is 3. The summed E-state index contributed by atoms with van der Waals surface area (Å²) in [5.41, 5.74) is 3.02. The molecule has 4 aromatic rings. The molecule has 2 aromatic carbocycles. The number of fused-ring (bicyclic) bond motifs is 1. The van der Waals surface area contributed by atoms with E-state index >= 15 is 0 Å². The SMILES string of the molecule is CC(C)C(=O)Nc1cccc(NC(=O)C(Cc2c[nH]c3ccccc23)NC(=O)c2cccs2)c1. The summed E-state index contributed by atoms with van der Waals surface area (Å²) >= 11 is 1.32. The van der Waals surface area contributed by atoms with Crippen LogP contribution in [0.4, 0.5) is 11.4 Å². The molecule has 0 fully saturated rings. The Morgan fingerprint density at radius 2 is 1.65 bits per heavy atom. The Morgan fingerprint density at radius 3 is 2.35 bits per heavy atom. The van der Waals surface area contributed by atoms with Crippen LogP contribution in [0, 0.1) is 5.92 Å². The molecule has 0 aliphatic rings. The Kier molecular flexibility index (Phi) is 7.08. The fraction of sp³-hybridized carbons (Fsp3) is 0.192. The summed E-state index contributed by atoms with van der Waals surface area (Å²) in [4.78, 5) is 41.8. The summed E-state index contributed by atoms with van der Waals surface area (Å²) in [6, 6.07) is 17.5. The van der Waals surface area contributed by atoms with Gasteiger partial charge in [-0.05, 0) is 41.3 Å². The molecule has 2 aromatic heterocycles. The van der Waals surface area contributed by atoms with Gasteiger partial charge in [-0.3, -0.25) is 14.4 Å². The molecule has 1 unspecified atom stereocenters. The van der Waals surface area contributed by atoms with Gasteiger partial charge in [-0.1, -0.05) is 44.2 Å². The van der Waals surface area contributed by atoms with Gasteiger partial charge in [0.05, 0.1) is 4.88 Å². The number of thiophene rings is 1. The minimum atomic E-state index is -0.803. The van der Waals surface area contributed by atoms with Crippen LogP contribution in [0.15, 0.2) is 72.2 Å². The van der Waals surface area contributed by atoms with Crippen LogP contribution in [0.3, 0.4) is 0 Å². The van der Waals surface area contributed by atoms with E-state index in [1.807, 2.05) is 49.7 Å². The van der Waals surface area contributed by atoms with Crippen LogP contribution in [0.2, 0.25) is 0 Å². The Morgan fingerprint density at radius 1 is 0.912 bits per heavy atom.